The van der Waals surface area contributed by atoms with Crippen molar-refractivity contribution in [2.75, 3.05) is 5.73 Å². The number of hydrogen-bond donors (Lipinski definition) is 3. The fourth-order valence-corrected chi connectivity index (χ4v) is 0.673. The van der Waals surface area contributed by atoms with Crippen molar-refractivity contribution in [2.45, 2.75) is 6.54 Å². The molecule has 1 rings (SSSR count). The first-order valence-electron chi connectivity index (χ1n) is 2.44. The predicted molar refractivity (Wildman–Crippen MR) is 43.1 cm³/mol. The molecule has 4 nitrogen and oxygen atoms in total. The summed E-state index contributed by atoms with van der Waals surface area (Å²) in [7, 11) is 0. The van der Waals surface area contributed by atoms with E-state index in [2.05, 4.69) is 10.2 Å². The zero-order valence-corrected chi connectivity index (χ0v) is 6.67. The van der Waals surface area contributed by atoms with E-state index in [4.69, 9.17) is 23.1 Å². The summed E-state index contributed by atoms with van der Waals surface area (Å²) in [6.07, 6.45) is 0. The number of aromatic nitrogens is 2. The molecule has 0 unspecified atom stereocenters. The van der Waals surface area contributed by atoms with E-state index in [9.17, 15) is 0 Å². The van der Waals surface area contributed by atoms with E-state index in [-0.39, 0.29) is 17.6 Å². The number of aromatic amines is 1. The molecule has 0 spiro atoms. The van der Waals surface area contributed by atoms with Gasteiger partial charge in [0.05, 0.1) is 11.4 Å². The maximum Gasteiger partial charge on any atom is 0.174 e. The third-order valence-corrected chi connectivity index (χ3v) is 1.33. The van der Waals surface area contributed by atoms with Gasteiger partial charge in [0.2, 0.25) is 0 Å². The number of halogens is 2. The highest BCUT2D eigenvalue weighted by Gasteiger charge is 2.03. The lowest BCUT2D eigenvalue weighted by molar-refractivity contribution is 0.949. The molecule has 0 fully saturated rings. The molecule has 0 aliphatic rings. The van der Waals surface area contributed by atoms with Gasteiger partial charge in [0.25, 0.3) is 0 Å². The molecular formula is C4H8Cl2N4. The summed E-state index contributed by atoms with van der Waals surface area (Å²) >= 11 is 5.49. The van der Waals surface area contributed by atoms with Crippen LogP contribution >= 0.6 is 24.0 Å². The molecule has 0 aromatic carbocycles. The van der Waals surface area contributed by atoms with Crippen LogP contribution in [0.2, 0.25) is 5.15 Å². The number of H-pyrrole nitrogens is 1. The minimum atomic E-state index is 0. The Bertz CT molecular complexity index is 209. The summed E-state index contributed by atoms with van der Waals surface area (Å²) in [5.74, 6) is 0. The van der Waals surface area contributed by atoms with E-state index in [0.29, 0.717) is 17.9 Å². The van der Waals surface area contributed by atoms with E-state index in [1.54, 1.807) is 0 Å². The summed E-state index contributed by atoms with van der Waals surface area (Å²) in [6.45, 7) is 0.339. The van der Waals surface area contributed by atoms with E-state index in [1.165, 1.54) is 0 Å². The lowest BCUT2D eigenvalue weighted by atomic mass is 10.4. The van der Waals surface area contributed by atoms with Crippen LogP contribution in [0.5, 0.6) is 0 Å². The van der Waals surface area contributed by atoms with Crippen molar-refractivity contribution >= 4 is 29.7 Å². The number of rotatable bonds is 1. The Morgan fingerprint density at radius 3 is 2.40 bits per heavy atom. The Labute approximate surface area is 69.3 Å². The lowest BCUT2D eigenvalue weighted by Crippen LogP contribution is -1.99. The minimum Gasteiger partial charge on any atom is -0.395 e. The van der Waals surface area contributed by atoms with Crippen molar-refractivity contribution in [1.82, 2.24) is 10.2 Å². The highest BCUT2D eigenvalue weighted by Crippen LogP contribution is 2.17. The molecule has 5 N–H and O–H groups in total. The van der Waals surface area contributed by atoms with Gasteiger partial charge >= 0.3 is 0 Å². The molecule has 0 amide bonds. The molecular weight excluding hydrogens is 175 g/mol. The molecule has 0 aliphatic heterocycles. The van der Waals surface area contributed by atoms with Crippen molar-refractivity contribution in [1.29, 1.82) is 0 Å². The number of nitrogens with one attached hydrogen (secondary N) is 1. The first-order valence-corrected chi connectivity index (χ1v) is 2.81. The Morgan fingerprint density at radius 2 is 2.20 bits per heavy atom. The van der Waals surface area contributed by atoms with Crippen LogP contribution in [-0.2, 0) is 6.54 Å². The molecule has 6 heteroatoms. The summed E-state index contributed by atoms with van der Waals surface area (Å²) in [4.78, 5) is 0. The van der Waals surface area contributed by atoms with Crippen molar-refractivity contribution in [3.8, 4) is 0 Å². The number of nitrogens with two attached hydrogens (primary N) is 2. The average molecular weight is 183 g/mol. The molecule has 0 bridgehead atoms. The molecule has 1 aromatic rings. The number of nitrogen functional groups attached to an aromatic ring is 1. The average Bonchev–Trinajstić information content (AvgIpc) is 2.15. The smallest absolute Gasteiger partial charge is 0.174 e. The van der Waals surface area contributed by atoms with Crippen LogP contribution in [0.25, 0.3) is 0 Å². The predicted octanol–water partition coefficient (Wildman–Crippen LogP) is 0.526. The maximum atomic E-state index is 5.49. The van der Waals surface area contributed by atoms with Crippen molar-refractivity contribution in [3.63, 3.8) is 0 Å². The highest BCUT2D eigenvalue weighted by atomic mass is 35.5. The molecule has 1 heterocycles. The molecule has 0 saturated carbocycles. The van der Waals surface area contributed by atoms with Gasteiger partial charge in [0.15, 0.2) is 5.15 Å². The molecule has 1 aromatic heterocycles. The number of anilines is 1. The van der Waals surface area contributed by atoms with Crippen LogP contribution in [0.15, 0.2) is 0 Å². The highest BCUT2D eigenvalue weighted by molar-refractivity contribution is 6.31. The summed E-state index contributed by atoms with van der Waals surface area (Å²) in [6, 6.07) is 0. The van der Waals surface area contributed by atoms with E-state index < -0.39 is 0 Å². The van der Waals surface area contributed by atoms with Gasteiger partial charge in [-0.15, -0.1) is 12.4 Å². The summed E-state index contributed by atoms with van der Waals surface area (Å²) < 4.78 is 0. The van der Waals surface area contributed by atoms with Crippen LogP contribution in [0.1, 0.15) is 5.69 Å². The first-order chi connectivity index (χ1) is 4.25. The van der Waals surface area contributed by atoms with Gasteiger partial charge in [-0.3, -0.25) is 5.10 Å². The second-order valence-corrected chi connectivity index (χ2v) is 1.97. The van der Waals surface area contributed by atoms with Gasteiger partial charge in [-0.1, -0.05) is 11.6 Å². The largest absolute Gasteiger partial charge is 0.395 e. The number of nitrogens with zero attached hydrogens (tertiary/aromatic N) is 1. The zero-order chi connectivity index (χ0) is 6.85. The Kier molecular flexibility index (Phi) is 3.49. The van der Waals surface area contributed by atoms with E-state index >= 15 is 0 Å². The van der Waals surface area contributed by atoms with Crippen molar-refractivity contribution in [2.24, 2.45) is 5.73 Å². The quantitative estimate of drug-likeness (QED) is 0.593. The van der Waals surface area contributed by atoms with Gasteiger partial charge < -0.3 is 11.5 Å². The monoisotopic (exact) mass is 182 g/mol. The van der Waals surface area contributed by atoms with Gasteiger partial charge in [-0.25, -0.2) is 0 Å². The fourth-order valence-electron chi connectivity index (χ4n) is 0.517. The zero-order valence-electron chi connectivity index (χ0n) is 5.10. The molecule has 0 saturated heterocycles. The Morgan fingerprint density at radius 1 is 1.60 bits per heavy atom. The van der Waals surface area contributed by atoms with Crippen LogP contribution in [-0.4, -0.2) is 10.2 Å². The fraction of sp³-hybridized carbons (Fsp3) is 0.250. The normalized spacial score (nSPS) is 9.00. The van der Waals surface area contributed by atoms with Crippen molar-refractivity contribution in [3.05, 3.63) is 10.8 Å². The second-order valence-electron chi connectivity index (χ2n) is 1.61. The topological polar surface area (TPSA) is 80.7 Å². The third-order valence-electron chi connectivity index (χ3n) is 1.04. The molecule has 0 atom stereocenters. The standard InChI is InChI=1S/C4H7ClN4.ClH/c5-4-3(7)2(1-6)8-9-4;/h1,6-7H2,(H,8,9);1H. The van der Waals surface area contributed by atoms with Crippen LogP contribution in [0.3, 0.4) is 0 Å². The van der Waals surface area contributed by atoms with Gasteiger partial charge in [0, 0.05) is 6.54 Å². The van der Waals surface area contributed by atoms with E-state index in [1.807, 2.05) is 0 Å². The molecule has 0 aliphatic carbocycles. The summed E-state index contributed by atoms with van der Waals surface area (Å²) in [5.41, 5.74) is 11.8. The van der Waals surface area contributed by atoms with Gasteiger partial charge in [-0.05, 0) is 0 Å². The number of hydrogen-bond acceptors (Lipinski definition) is 3. The Balaban J connectivity index is 0.000000810. The van der Waals surface area contributed by atoms with Crippen LogP contribution in [0, 0.1) is 0 Å². The minimum absolute atomic E-state index is 0. The summed E-state index contributed by atoms with van der Waals surface area (Å²) in [5, 5.41) is 6.50. The van der Waals surface area contributed by atoms with Crippen molar-refractivity contribution < 1.29 is 0 Å². The van der Waals surface area contributed by atoms with Crippen LogP contribution in [0.4, 0.5) is 5.69 Å². The Hall–Kier alpha value is -0.450. The third kappa shape index (κ3) is 1.53. The molecule has 0 radical (unpaired) electrons. The second kappa shape index (κ2) is 3.65. The first kappa shape index (κ1) is 9.55. The van der Waals surface area contributed by atoms with E-state index in [0.717, 1.165) is 0 Å². The molecule has 10 heavy (non-hydrogen) atoms. The maximum absolute atomic E-state index is 5.49. The lowest BCUT2D eigenvalue weighted by Gasteiger charge is -1.89. The SMILES string of the molecule is Cl.NCc1[nH]nc(Cl)c1N. The van der Waals surface area contributed by atoms with Gasteiger partial charge in [-0.2, -0.15) is 5.10 Å². The van der Waals surface area contributed by atoms with Gasteiger partial charge in [0.1, 0.15) is 0 Å². The molecule has 58 valence electrons. The van der Waals surface area contributed by atoms with Crippen LogP contribution < -0.4 is 11.5 Å².